The molecule has 0 saturated carbocycles. The largest absolute Gasteiger partial charge is 0.472 e. The van der Waals surface area contributed by atoms with Gasteiger partial charge in [0.25, 0.3) is 0 Å². The van der Waals surface area contributed by atoms with Crippen molar-refractivity contribution in [3.8, 4) is 0 Å². The highest BCUT2D eigenvalue weighted by Gasteiger charge is 2.27. The molecule has 0 saturated heterocycles. The molecule has 0 aliphatic carbocycles. The average molecular weight is 1020 g/mol. The number of likely N-dealkylation sites (N-methyl/N-ethyl adjacent to an activating group) is 1. The van der Waals surface area contributed by atoms with Gasteiger partial charge in [-0.2, -0.15) is 0 Å². The highest BCUT2D eigenvalue weighted by Crippen LogP contribution is 2.43. The number of carbonyl (C=O) groups is 1. The molecule has 71 heavy (non-hydrogen) atoms. The van der Waals surface area contributed by atoms with E-state index in [1.165, 1.54) is 193 Å². The lowest BCUT2D eigenvalue weighted by Crippen LogP contribution is -2.45. The number of nitrogens with zero attached hydrogens (tertiary/aromatic N) is 1. The number of carbonyl (C=O) groups excluding carboxylic acids is 1. The topological polar surface area (TPSA) is 105 Å². The third-order valence-electron chi connectivity index (χ3n) is 13.4. The molecule has 0 spiro atoms. The second-order valence-corrected chi connectivity index (χ2v) is 23.2. The predicted molar refractivity (Wildman–Crippen MR) is 309 cm³/mol. The maximum Gasteiger partial charge on any atom is 0.472 e. The molecule has 416 valence electrons. The summed E-state index contributed by atoms with van der Waals surface area (Å²) in [4.78, 5) is 23.3. The molecular weight excluding hydrogens is 900 g/mol. The van der Waals surface area contributed by atoms with Crippen LogP contribution in [-0.4, -0.2) is 73.4 Å². The number of rotatable bonds is 55. The van der Waals surface area contributed by atoms with Gasteiger partial charge in [0.1, 0.15) is 13.2 Å². The Morgan fingerprint density at radius 1 is 0.479 bits per heavy atom. The second kappa shape index (κ2) is 53.0. The molecule has 3 unspecified atom stereocenters. The van der Waals surface area contributed by atoms with Gasteiger partial charge in [-0.25, -0.2) is 4.57 Å². The zero-order valence-electron chi connectivity index (χ0n) is 47.5. The van der Waals surface area contributed by atoms with Crippen LogP contribution < -0.4 is 5.32 Å². The third kappa shape index (κ3) is 55.8. The molecule has 0 aliphatic rings. The first-order valence-corrected chi connectivity index (χ1v) is 31.7. The summed E-state index contributed by atoms with van der Waals surface area (Å²) in [6, 6.07) is -0.877. The van der Waals surface area contributed by atoms with Crippen LogP contribution in [0.15, 0.2) is 60.8 Å². The minimum Gasteiger partial charge on any atom is -0.387 e. The maximum atomic E-state index is 13.0. The lowest BCUT2D eigenvalue weighted by Gasteiger charge is -2.25. The molecule has 0 aromatic carbocycles. The number of aliphatic hydroxyl groups is 1. The fourth-order valence-electron chi connectivity index (χ4n) is 8.69. The van der Waals surface area contributed by atoms with E-state index in [-0.39, 0.29) is 19.1 Å². The molecule has 0 rings (SSSR count). The number of aliphatic hydroxyl groups excluding tert-OH is 1. The number of quaternary nitrogens is 1. The monoisotopic (exact) mass is 1020 g/mol. The van der Waals surface area contributed by atoms with Crippen molar-refractivity contribution < 1.29 is 32.9 Å². The number of phosphoric acid groups is 1. The molecule has 0 aliphatic heterocycles. The zero-order chi connectivity index (χ0) is 52.0. The van der Waals surface area contributed by atoms with Crippen LogP contribution in [0, 0.1) is 0 Å². The molecule has 0 aromatic heterocycles. The molecule has 0 aromatic rings. The van der Waals surface area contributed by atoms with Crippen LogP contribution in [0.25, 0.3) is 0 Å². The van der Waals surface area contributed by atoms with Gasteiger partial charge in [0, 0.05) is 6.42 Å². The Bertz CT molecular complexity index is 1340. The fraction of sp³-hybridized carbons (Fsp3) is 0.823. The maximum absolute atomic E-state index is 13.0. The van der Waals surface area contributed by atoms with Gasteiger partial charge in [0.2, 0.25) is 5.91 Å². The van der Waals surface area contributed by atoms with Gasteiger partial charge in [-0.15, -0.1) is 0 Å². The Hall–Kier alpha value is -1.80. The first kappa shape index (κ1) is 69.2. The number of hydrogen-bond acceptors (Lipinski definition) is 5. The summed E-state index contributed by atoms with van der Waals surface area (Å²) in [5, 5.41) is 13.9. The summed E-state index contributed by atoms with van der Waals surface area (Å²) < 4.78 is 23.7. The summed E-state index contributed by atoms with van der Waals surface area (Å²) in [7, 11) is 1.54. The second-order valence-electron chi connectivity index (χ2n) is 21.7. The number of amides is 1. The summed E-state index contributed by atoms with van der Waals surface area (Å²) in [6.07, 6.45) is 72.1. The van der Waals surface area contributed by atoms with Crippen LogP contribution in [0.4, 0.5) is 0 Å². The lowest BCUT2D eigenvalue weighted by molar-refractivity contribution is -0.870. The molecule has 0 heterocycles. The molecule has 0 radical (unpaired) electrons. The van der Waals surface area contributed by atoms with Crippen LogP contribution in [0.5, 0.6) is 0 Å². The van der Waals surface area contributed by atoms with Crippen LogP contribution in [0.1, 0.15) is 277 Å². The van der Waals surface area contributed by atoms with E-state index in [1.807, 2.05) is 27.2 Å². The minimum atomic E-state index is -4.36. The first-order valence-electron chi connectivity index (χ1n) is 30.2. The van der Waals surface area contributed by atoms with Gasteiger partial charge < -0.3 is 19.8 Å². The summed E-state index contributed by atoms with van der Waals surface area (Å²) in [5.74, 6) is -0.199. The molecule has 0 fully saturated rings. The molecule has 1 amide bonds. The molecule has 3 atom stereocenters. The van der Waals surface area contributed by atoms with E-state index in [4.69, 9.17) is 9.05 Å². The highest BCUT2D eigenvalue weighted by atomic mass is 31.2. The van der Waals surface area contributed by atoms with Crippen molar-refractivity contribution >= 4 is 13.7 Å². The molecule has 3 N–H and O–H groups in total. The molecule has 9 heteroatoms. The van der Waals surface area contributed by atoms with Crippen molar-refractivity contribution in [3.05, 3.63) is 60.8 Å². The number of phosphoric ester groups is 1. The Kier molecular flexibility index (Phi) is 51.7. The van der Waals surface area contributed by atoms with E-state index in [9.17, 15) is 19.4 Å². The van der Waals surface area contributed by atoms with Crippen molar-refractivity contribution in [3.63, 3.8) is 0 Å². The van der Waals surface area contributed by atoms with Gasteiger partial charge in [-0.05, 0) is 77.0 Å². The number of nitrogens with one attached hydrogen (secondary N) is 1. The van der Waals surface area contributed by atoms with Crippen molar-refractivity contribution in [2.45, 2.75) is 289 Å². The van der Waals surface area contributed by atoms with Crippen molar-refractivity contribution in [2.75, 3.05) is 40.9 Å². The van der Waals surface area contributed by atoms with Crippen molar-refractivity contribution in [1.82, 2.24) is 5.32 Å². The zero-order valence-corrected chi connectivity index (χ0v) is 48.4. The predicted octanol–water partition coefficient (Wildman–Crippen LogP) is 18.5. The lowest BCUT2D eigenvalue weighted by atomic mass is 10.0. The quantitative estimate of drug-likeness (QED) is 0.0243. The van der Waals surface area contributed by atoms with Crippen LogP contribution in [0.2, 0.25) is 0 Å². The normalized spacial score (nSPS) is 14.3. The van der Waals surface area contributed by atoms with Gasteiger partial charge in [-0.1, -0.05) is 254 Å². The fourth-order valence-corrected chi connectivity index (χ4v) is 9.43. The third-order valence-corrected chi connectivity index (χ3v) is 14.4. The van der Waals surface area contributed by atoms with Gasteiger partial charge in [0.05, 0.1) is 39.9 Å². The highest BCUT2D eigenvalue weighted by molar-refractivity contribution is 7.47. The van der Waals surface area contributed by atoms with Gasteiger partial charge >= 0.3 is 7.82 Å². The number of hydrogen-bond donors (Lipinski definition) is 3. The minimum absolute atomic E-state index is 0.0500. The summed E-state index contributed by atoms with van der Waals surface area (Å²) in [5.41, 5.74) is 0. The van der Waals surface area contributed by atoms with Gasteiger partial charge in [0.15, 0.2) is 0 Å². The smallest absolute Gasteiger partial charge is 0.387 e. The van der Waals surface area contributed by atoms with E-state index in [1.54, 1.807) is 6.08 Å². The molecule has 0 bridgehead atoms. The van der Waals surface area contributed by atoms with E-state index in [2.05, 4.69) is 67.8 Å². The Balaban J connectivity index is 4.19. The Morgan fingerprint density at radius 2 is 0.817 bits per heavy atom. The standard InChI is InChI=1S/C62H117N2O6P/c1-6-8-10-12-14-16-18-20-22-24-25-26-27-28-29-30-31-32-33-34-35-36-37-38-40-41-43-45-47-49-51-53-55-61(65)60(59-70-71(67,68)69-58-57-64(3,4)5)63-62(66)56-54-52-50-48-46-44-42-39-23-21-19-17-15-13-11-9-7-2/h15,17,21,23,38,40,45,47,53,55,60-61,65H,6-14,16,18-20,22,24-37,39,41-44,46,48-52,54,56-59H2,1-5H3,(H-,63,66,67,68)/p+1/b17-15-,23-21-,40-38+,47-45+,55-53+. The van der Waals surface area contributed by atoms with Crippen molar-refractivity contribution in [2.24, 2.45) is 0 Å². The van der Waals surface area contributed by atoms with E-state index < -0.39 is 20.0 Å². The molecule has 8 nitrogen and oxygen atoms in total. The first-order chi connectivity index (χ1) is 34.5. The number of allylic oxidation sites excluding steroid dienone is 9. The van der Waals surface area contributed by atoms with Gasteiger partial charge in [-0.3, -0.25) is 13.8 Å². The van der Waals surface area contributed by atoms with E-state index >= 15 is 0 Å². The molecular formula is C62H118N2O6P+. The summed E-state index contributed by atoms with van der Waals surface area (Å²) >= 11 is 0. The summed E-state index contributed by atoms with van der Waals surface area (Å²) in [6.45, 7) is 4.77. The van der Waals surface area contributed by atoms with E-state index in [0.29, 0.717) is 17.4 Å². The van der Waals surface area contributed by atoms with E-state index in [0.717, 1.165) is 64.2 Å². The van der Waals surface area contributed by atoms with Crippen LogP contribution >= 0.6 is 7.82 Å². The average Bonchev–Trinajstić information content (AvgIpc) is 3.33. The number of unbranched alkanes of at least 4 members (excludes halogenated alkanes) is 34. The Labute approximate surface area is 441 Å². The van der Waals surface area contributed by atoms with Crippen LogP contribution in [0.3, 0.4) is 0 Å². The Morgan fingerprint density at radius 3 is 1.24 bits per heavy atom. The van der Waals surface area contributed by atoms with Crippen molar-refractivity contribution in [1.29, 1.82) is 0 Å². The van der Waals surface area contributed by atoms with Crippen LogP contribution in [-0.2, 0) is 18.4 Å². The SMILES string of the molecule is CCCCC/C=C\C/C=C\CCCCCCCCCC(=O)NC(COP(=O)(O)OCC[N+](C)(C)C)C(O)/C=C/CC/C=C/CC/C=C/CCCCCCCCCCCCCCCCCCCCCCCC.